The maximum Gasteiger partial charge on any atom is 0.335 e. The predicted molar refractivity (Wildman–Crippen MR) is 120 cm³/mol. The summed E-state index contributed by atoms with van der Waals surface area (Å²) in [7, 11) is 0. The molecule has 3 rings (SSSR count). The van der Waals surface area contributed by atoms with Gasteiger partial charge in [0.2, 0.25) is 0 Å². The molecule has 1 aromatic rings. The molecule has 2 saturated carbocycles. The molecule has 1 aromatic carbocycles. The van der Waals surface area contributed by atoms with Crippen LogP contribution in [0.15, 0.2) is 36.4 Å². The van der Waals surface area contributed by atoms with E-state index in [-0.39, 0.29) is 41.1 Å². The molecule has 0 aliphatic heterocycles. The molecule has 0 saturated heterocycles. The Bertz CT molecular complexity index is 791. The molecule has 170 valence electrons. The van der Waals surface area contributed by atoms with Crippen LogP contribution >= 0.6 is 0 Å². The number of Topliss-reactive ketones (excluding diaryl/α,β-unsaturated/α-hetero) is 1. The molecule has 2 fully saturated rings. The molecule has 0 amide bonds. The van der Waals surface area contributed by atoms with Crippen molar-refractivity contribution < 1.29 is 24.9 Å². The van der Waals surface area contributed by atoms with Gasteiger partial charge in [0.1, 0.15) is 5.78 Å². The van der Waals surface area contributed by atoms with Crippen molar-refractivity contribution >= 4 is 11.8 Å². The molecule has 4 atom stereocenters. The van der Waals surface area contributed by atoms with E-state index in [1.165, 1.54) is 6.42 Å². The normalized spacial score (nSPS) is 26.4. The number of carboxylic acid groups (broad SMARTS) is 1. The summed E-state index contributed by atoms with van der Waals surface area (Å²) < 4.78 is 0. The summed E-state index contributed by atoms with van der Waals surface area (Å²) in [4.78, 5) is 23.5. The molecule has 0 heterocycles. The molecule has 0 radical (unpaired) electrons. The Labute approximate surface area is 185 Å². The molecule has 0 bridgehead atoms. The Kier molecular flexibility index (Phi) is 7.71. The molecule has 2 aliphatic carbocycles. The molecule has 2 aliphatic rings. The van der Waals surface area contributed by atoms with Crippen LogP contribution in [0.3, 0.4) is 0 Å². The molecule has 31 heavy (non-hydrogen) atoms. The third-order valence-electron chi connectivity index (χ3n) is 7.27. The van der Waals surface area contributed by atoms with Gasteiger partial charge in [-0.2, -0.15) is 0 Å². The van der Waals surface area contributed by atoms with Gasteiger partial charge in [0.15, 0.2) is 0 Å². The minimum Gasteiger partial charge on any atom is -0.478 e. The largest absolute Gasteiger partial charge is 0.478 e. The van der Waals surface area contributed by atoms with E-state index in [4.69, 9.17) is 5.11 Å². The van der Waals surface area contributed by atoms with Crippen LogP contribution < -0.4 is 0 Å². The van der Waals surface area contributed by atoms with E-state index < -0.39 is 12.1 Å². The minimum absolute atomic E-state index is 0.0319. The first-order valence-electron chi connectivity index (χ1n) is 11.6. The number of aromatic carboxylic acids is 1. The smallest absolute Gasteiger partial charge is 0.335 e. The van der Waals surface area contributed by atoms with E-state index in [0.29, 0.717) is 25.2 Å². The van der Waals surface area contributed by atoms with Gasteiger partial charge in [-0.3, -0.25) is 4.79 Å². The number of carbonyl (C=O) groups excluding carboxylic acids is 1. The van der Waals surface area contributed by atoms with E-state index in [2.05, 4.69) is 13.8 Å². The maximum absolute atomic E-state index is 12.5. The lowest BCUT2D eigenvalue weighted by atomic mass is 9.60. The molecule has 0 aromatic heterocycles. The van der Waals surface area contributed by atoms with Crippen molar-refractivity contribution in [3.8, 4) is 0 Å². The Morgan fingerprint density at radius 3 is 2.45 bits per heavy atom. The zero-order valence-electron chi connectivity index (χ0n) is 18.7. The van der Waals surface area contributed by atoms with Gasteiger partial charge < -0.3 is 15.3 Å². The number of ketones is 1. The Hall–Kier alpha value is -1.98. The second-order valence-corrected chi connectivity index (χ2v) is 9.96. The molecular weight excluding hydrogens is 392 g/mol. The van der Waals surface area contributed by atoms with Crippen molar-refractivity contribution in [2.75, 3.05) is 0 Å². The highest BCUT2D eigenvalue weighted by Crippen LogP contribution is 2.49. The fourth-order valence-electron chi connectivity index (χ4n) is 5.46. The number of rotatable bonds is 10. The number of hydrogen-bond acceptors (Lipinski definition) is 4. The average molecular weight is 429 g/mol. The number of aliphatic hydroxyl groups excluding tert-OH is 2. The van der Waals surface area contributed by atoms with Crippen LogP contribution in [0.25, 0.3) is 0 Å². The van der Waals surface area contributed by atoms with Crippen molar-refractivity contribution in [1.29, 1.82) is 0 Å². The topological polar surface area (TPSA) is 94.8 Å². The predicted octanol–water partition coefficient (Wildman–Crippen LogP) is 4.41. The summed E-state index contributed by atoms with van der Waals surface area (Å²) in [6.45, 7) is 4.39. The van der Waals surface area contributed by atoms with E-state index >= 15 is 0 Å². The van der Waals surface area contributed by atoms with Gasteiger partial charge in [0.05, 0.1) is 17.8 Å². The van der Waals surface area contributed by atoms with Crippen molar-refractivity contribution in [2.24, 2.45) is 23.2 Å². The Morgan fingerprint density at radius 1 is 1.23 bits per heavy atom. The summed E-state index contributed by atoms with van der Waals surface area (Å²) in [6.07, 6.45) is 9.26. The fraction of sp³-hybridized carbons (Fsp3) is 0.615. The van der Waals surface area contributed by atoms with Crippen LogP contribution in [-0.4, -0.2) is 39.3 Å². The lowest BCUT2D eigenvalue weighted by molar-refractivity contribution is -0.121. The van der Waals surface area contributed by atoms with Gasteiger partial charge in [0.25, 0.3) is 0 Å². The van der Waals surface area contributed by atoms with Crippen LogP contribution in [0.2, 0.25) is 0 Å². The molecule has 5 heteroatoms. The zero-order chi connectivity index (χ0) is 22.6. The molecule has 3 N–H and O–H groups in total. The summed E-state index contributed by atoms with van der Waals surface area (Å²) in [6, 6.07) is 6.73. The highest BCUT2D eigenvalue weighted by molar-refractivity contribution is 5.87. The Balaban J connectivity index is 1.58. The van der Waals surface area contributed by atoms with E-state index in [1.807, 2.05) is 12.2 Å². The number of benzene rings is 1. The second kappa shape index (κ2) is 10.1. The van der Waals surface area contributed by atoms with Crippen LogP contribution in [-0.2, 0) is 11.2 Å². The first-order chi connectivity index (χ1) is 14.7. The van der Waals surface area contributed by atoms with E-state index in [0.717, 1.165) is 24.8 Å². The lowest BCUT2D eigenvalue weighted by Crippen LogP contribution is -2.42. The van der Waals surface area contributed by atoms with Crippen LogP contribution in [0.4, 0.5) is 0 Å². The second-order valence-electron chi connectivity index (χ2n) is 9.96. The van der Waals surface area contributed by atoms with Gasteiger partial charge in [-0.25, -0.2) is 4.79 Å². The summed E-state index contributed by atoms with van der Waals surface area (Å²) in [5.41, 5.74) is 1.26. The van der Waals surface area contributed by atoms with Crippen molar-refractivity contribution in [3.05, 3.63) is 47.5 Å². The number of carbonyl (C=O) groups is 2. The highest BCUT2D eigenvalue weighted by Gasteiger charge is 2.43. The van der Waals surface area contributed by atoms with Crippen molar-refractivity contribution in [1.82, 2.24) is 0 Å². The monoisotopic (exact) mass is 428 g/mol. The van der Waals surface area contributed by atoms with Crippen LogP contribution in [0.5, 0.6) is 0 Å². The quantitative estimate of drug-likeness (QED) is 0.480. The molecular formula is C26H36O5. The fourth-order valence-corrected chi connectivity index (χ4v) is 5.46. The summed E-state index contributed by atoms with van der Waals surface area (Å²) in [5, 5.41) is 30.3. The highest BCUT2D eigenvalue weighted by atomic mass is 16.4. The lowest BCUT2D eigenvalue weighted by Gasteiger charge is -2.46. The number of hydrogen-bond donors (Lipinski definition) is 3. The molecule has 1 unspecified atom stereocenters. The van der Waals surface area contributed by atoms with Gasteiger partial charge in [-0.15, -0.1) is 0 Å². The first kappa shape index (κ1) is 23.7. The number of aryl methyl sites for hydroxylation is 1. The molecule has 5 nitrogen and oxygen atoms in total. The third-order valence-corrected chi connectivity index (χ3v) is 7.27. The summed E-state index contributed by atoms with van der Waals surface area (Å²) in [5.74, 6) is -0.774. The maximum atomic E-state index is 12.5. The van der Waals surface area contributed by atoms with Crippen LogP contribution in [0.1, 0.15) is 74.7 Å². The van der Waals surface area contributed by atoms with Gasteiger partial charge >= 0.3 is 5.97 Å². The summed E-state index contributed by atoms with van der Waals surface area (Å²) >= 11 is 0. The van der Waals surface area contributed by atoms with Crippen molar-refractivity contribution in [3.63, 3.8) is 0 Å². The standard InChI is InChI=1S/C26H36O5/c1-17(2)16-26(13-4-14-26)24(29)6-3-5-20-21(23(28)15-22(20)27)12-9-18-7-10-19(11-8-18)25(30)31/h3,5,7-8,10-11,17,20-22,24,27,29H,4,6,9,12-16H2,1-2H3,(H,30,31)/b5-3+/t20-,21-,22-,24?/m1/s1. The van der Waals surface area contributed by atoms with Gasteiger partial charge in [-0.05, 0) is 67.6 Å². The van der Waals surface area contributed by atoms with E-state index in [1.54, 1.807) is 24.3 Å². The van der Waals surface area contributed by atoms with Crippen LogP contribution in [0, 0.1) is 23.2 Å². The molecule has 0 spiro atoms. The van der Waals surface area contributed by atoms with Gasteiger partial charge in [-0.1, -0.05) is 44.6 Å². The SMILES string of the molecule is CC(C)CC1(C(O)C/C=C/[C@H]2[C@H](O)CC(=O)[C@@H]2CCc2ccc(C(=O)O)cc2)CCC1. The van der Waals surface area contributed by atoms with E-state index in [9.17, 15) is 19.8 Å². The van der Waals surface area contributed by atoms with Crippen molar-refractivity contribution in [2.45, 2.75) is 77.4 Å². The number of carboxylic acids is 1. The van der Waals surface area contributed by atoms with Gasteiger partial charge in [0, 0.05) is 18.3 Å². The third kappa shape index (κ3) is 5.64. The number of aliphatic hydroxyl groups is 2. The average Bonchev–Trinajstić information content (AvgIpc) is 2.95. The first-order valence-corrected chi connectivity index (χ1v) is 11.6. The Morgan fingerprint density at radius 2 is 1.90 bits per heavy atom. The zero-order valence-corrected chi connectivity index (χ0v) is 18.7. The minimum atomic E-state index is -0.954.